The molecule has 1 fully saturated rings. The molecule has 0 saturated carbocycles. The molecule has 6 nitrogen and oxygen atoms in total. The van der Waals surface area contributed by atoms with Crippen LogP contribution in [0.15, 0.2) is 54.6 Å². The highest BCUT2D eigenvalue weighted by molar-refractivity contribution is 6.15. The Morgan fingerprint density at radius 3 is 2.50 bits per heavy atom. The van der Waals surface area contributed by atoms with Gasteiger partial charge in [-0.3, -0.25) is 14.5 Å². The van der Waals surface area contributed by atoms with Gasteiger partial charge in [0.25, 0.3) is 5.91 Å². The average molecular weight is 350 g/mol. The number of nitrogens with zero attached hydrogens (tertiary/aromatic N) is 2. The smallest absolute Gasteiger partial charge is 0.353 e. The number of carbonyl (C=O) groups is 3. The van der Waals surface area contributed by atoms with E-state index in [0.29, 0.717) is 11.3 Å². The lowest BCUT2D eigenvalue weighted by molar-refractivity contribution is -0.154. The van der Waals surface area contributed by atoms with Gasteiger partial charge in [0.15, 0.2) is 0 Å². The zero-order chi connectivity index (χ0) is 18.3. The Balaban J connectivity index is 1.92. The second kappa shape index (κ2) is 5.98. The summed E-state index contributed by atoms with van der Waals surface area (Å²) in [6.45, 7) is 0.215. The normalized spacial score (nSPS) is 21.4. The SMILES string of the molecule is COC(=O)C12CCC(=O)N1c1ccccc1C(=O)N2Cc1ccccc1. The summed E-state index contributed by atoms with van der Waals surface area (Å²) in [7, 11) is 1.28. The first-order valence-corrected chi connectivity index (χ1v) is 8.46. The zero-order valence-electron chi connectivity index (χ0n) is 14.3. The van der Waals surface area contributed by atoms with E-state index in [2.05, 4.69) is 0 Å². The third-order valence-electron chi connectivity index (χ3n) is 5.07. The summed E-state index contributed by atoms with van der Waals surface area (Å²) < 4.78 is 5.05. The van der Waals surface area contributed by atoms with Crippen molar-refractivity contribution in [3.05, 3.63) is 65.7 Å². The first-order valence-electron chi connectivity index (χ1n) is 8.46. The fourth-order valence-corrected chi connectivity index (χ4v) is 3.90. The summed E-state index contributed by atoms with van der Waals surface area (Å²) >= 11 is 0. The molecule has 1 saturated heterocycles. The van der Waals surface area contributed by atoms with Crippen LogP contribution in [-0.4, -0.2) is 35.5 Å². The number of esters is 1. The van der Waals surface area contributed by atoms with E-state index in [1.165, 1.54) is 16.9 Å². The van der Waals surface area contributed by atoms with Crippen molar-refractivity contribution >= 4 is 23.5 Å². The van der Waals surface area contributed by atoms with Crippen molar-refractivity contribution in [1.29, 1.82) is 0 Å². The highest BCUT2D eigenvalue weighted by Gasteiger charge is 2.61. The maximum absolute atomic E-state index is 13.3. The number of methoxy groups -OCH3 is 1. The predicted molar refractivity (Wildman–Crippen MR) is 94.2 cm³/mol. The Morgan fingerprint density at radius 1 is 1.08 bits per heavy atom. The van der Waals surface area contributed by atoms with Crippen molar-refractivity contribution in [2.75, 3.05) is 12.0 Å². The summed E-state index contributed by atoms with van der Waals surface area (Å²) in [5.74, 6) is -1.06. The molecular formula is C20H18N2O4. The van der Waals surface area contributed by atoms with Crippen LogP contribution in [0.25, 0.3) is 0 Å². The number of benzene rings is 2. The first kappa shape index (κ1) is 16.3. The van der Waals surface area contributed by atoms with Crippen LogP contribution < -0.4 is 4.90 Å². The highest BCUT2D eigenvalue weighted by Crippen LogP contribution is 2.45. The molecular weight excluding hydrogens is 332 g/mol. The molecule has 2 aromatic rings. The maximum Gasteiger partial charge on any atom is 0.353 e. The summed E-state index contributed by atoms with van der Waals surface area (Å²) in [6.07, 6.45) is 0.396. The highest BCUT2D eigenvalue weighted by atomic mass is 16.5. The number of amides is 2. The molecule has 1 atom stereocenters. The summed E-state index contributed by atoms with van der Waals surface area (Å²) in [5.41, 5.74) is 0.323. The summed E-state index contributed by atoms with van der Waals surface area (Å²) in [6, 6.07) is 16.3. The van der Waals surface area contributed by atoms with Crippen molar-refractivity contribution in [3.63, 3.8) is 0 Å². The van der Waals surface area contributed by atoms with Gasteiger partial charge in [-0.05, 0) is 17.7 Å². The van der Waals surface area contributed by atoms with E-state index in [1.54, 1.807) is 24.3 Å². The van der Waals surface area contributed by atoms with E-state index in [1.807, 2.05) is 30.3 Å². The summed E-state index contributed by atoms with van der Waals surface area (Å²) in [4.78, 5) is 41.7. The monoisotopic (exact) mass is 350 g/mol. The van der Waals surface area contributed by atoms with Crippen molar-refractivity contribution in [1.82, 2.24) is 4.90 Å². The number of carbonyl (C=O) groups excluding carboxylic acids is 3. The second-order valence-corrected chi connectivity index (χ2v) is 6.43. The van der Waals surface area contributed by atoms with E-state index < -0.39 is 11.6 Å². The Morgan fingerprint density at radius 2 is 1.77 bits per heavy atom. The number of para-hydroxylation sites is 1. The molecule has 2 amide bonds. The quantitative estimate of drug-likeness (QED) is 0.797. The lowest BCUT2D eigenvalue weighted by Crippen LogP contribution is -2.68. The van der Waals surface area contributed by atoms with Crippen LogP contribution in [0.4, 0.5) is 5.69 Å². The van der Waals surface area contributed by atoms with Gasteiger partial charge in [0.2, 0.25) is 11.6 Å². The molecule has 0 spiro atoms. The Labute approximate surface area is 151 Å². The van der Waals surface area contributed by atoms with Crippen LogP contribution in [-0.2, 0) is 20.9 Å². The van der Waals surface area contributed by atoms with Gasteiger partial charge in [-0.15, -0.1) is 0 Å². The second-order valence-electron chi connectivity index (χ2n) is 6.43. The molecule has 2 aliphatic rings. The average Bonchev–Trinajstić information content (AvgIpc) is 3.03. The molecule has 132 valence electrons. The van der Waals surface area contributed by atoms with E-state index >= 15 is 0 Å². The number of ether oxygens (including phenoxy) is 1. The maximum atomic E-state index is 13.3. The third-order valence-corrected chi connectivity index (χ3v) is 5.07. The van der Waals surface area contributed by atoms with Crippen LogP contribution >= 0.6 is 0 Å². The number of anilines is 1. The molecule has 2 heterocycles. The van der Waals surface area contributed by atoms with Crippen LogP contribution in [0, 0.1) is 0 Å². The van der Waals surface area contributed by atoms with Gasteiger partial charge >= 0.3 is 5.97 Å². The van der Waals surface area contributed by atoms with Crippen molar-refractivity contribution in [2.24, 2.45) is 0 Å². The standard InChI is InChI=1S/C20H18N2O4/c1-26-19(25)20-12-11-17(23)22(20)16-10-6-5-9-15(16)18(24)21(20)13-14-7-3-2-4-8-14/h2-10H,11-13H2,1H3. The molecule has 0 aliphatic carbocycles. The lowest BCUT2D eigenvalue weighted by Gasteiger charge is -2.48. The number of fused-ring (bicyclic) bond motifs is 3. The van der Waals surface area contributed by atoms with Gasteiger partial charge in [0.05, 0.1) is 18.4 Å². The number of hydrogen-bond acceptors (Lipinski definition) is 4. The zero-order valence-corrected chi connectivity index (χ0v) is 14.3. The molecule has 2 aliphatic heterocycles. The minimum atomic E-state index is -1.44. The molecule has 0 radical (unpaired) electrons. The number of hydrogen-bond donors (Lipinski definition) is 0. The molecule has 4 rings (SSSR count). The van der Waals surface area contributed by atoms with Gasteiger partial charge < -0.3 is 9.64 Å². The Hall–Kier alpha value is -3.15. The molecule has 1 unspecified atom stereocenters. The Bertz CT molecular complexity index is 896. The van der Waals surface area contributed by atoms with Gasteiger partial charge in [-0.25, -0.2) is 4.79 Å². The lowest BCUT2D eigenvalue weighted by atomic mass is 9.95. The van der Waals surface area contributed by atoms with Crippen LogP contribution in [0.1, 0.15) is 28.8 Å². The van der Waals surface area contributed by atoms with Crippen molar-refractivity contribution in [3.8, 4) is 0 Å². The van der Waals surface area contributed by atoms with Crippen LogP contribution in [0.3, 0.4) is 0 Å². The first-order chi connectivity index (χ1) is 12.6. The molecule has 6 heteroatoms. The molecule has 26 heavy (non-hydrogen) atoms. The van der Waals surface area contributed by atoms with Gasteiger partial charge in [0.1, 0.15) is 0 Å². The number of rotatable bonds is 3. The van der Waals surface area contributed by atoms with Crippen LogP contribution in [0.5, 0.6) is 0 Å². The predicted octanol–water partition coefficient (Wildman–Crippen LogP) is 2.34. The van der Waals surface area contributed by atoms with E-state index in [0.717, 1.165) is 5.56 Å². The van der Waals surface area contributed by atoms with E-state index in [-0.39, 0.29) is 31.2 Å². The van der Waals surface area contributed by atoms with Gasteiger partial charge in [-0.2, -0.15) is 0 Å². The topological polar surface area (TPSA) is 66.9 Å². The van der Waals surface area contributed by atoms with E-state index in [4.69, 9.17) is 4.74 Å². The van der Waals surface area contributed by atoms with E-state index in [9.17, 15) is 14.4 Å². The minimum Gasteiger partial charge on any atom is -0.466 e. The molecule has 0 N–H and O–H groups in total. The largest absolute Gasteiger partial charge is 0.466 e. The molecule has 0 bridgehead atoms. The van der Waals surface area contributed by atoms with Crippen molar-refractivity contribution < 1.29 is 19.1 Å². The van der Waals surface area contributed by atoms with Gasteiger partial charge in [0, 0.05) is 19.4 Å². The molecule has 0 aromatic heterocycles. The fourth-order valence-electron chi connectivity index (χ4n) is 3.90. The van der Waals surface area contributed by atoms with Gasteiger partial charge in [-0.1, -0.05) is 42.5 Å². The minimum absolute atomic E-state index is 0.183. The Kier molecular flexibility index (Phi) is 3.76. The van der Waals surface area contributed by atoms with Crippen molar-refractivity contribution in [2.45, 2.75) is 25.0 Å². The summed E-state index contributed by atoms with van der Waals surface area (Å²) in [5, 5.41) is 0. The molecule has 2 aromatic carbocycles. The third kappa shape index (κ3) is 2.15. The van der Waals surface area contributed by atoms with Crippen LogP contribution in [0.2, 0.25) is 0 Å². The fraction of sp³-hybridized carbons (Fsp3) is 0.250.